The molecule has 1 saturated heterocycles. The van der Waals surface area contributed by atoms with Crippen LogP contribution < -0.4 is 9.47 Å². The van der Waals surface area contributed by atoms with E-state index >= 15 is 0 Å². The van der Waals surface area contributed by atoms with Crippen LogP contribution in [0.1, 0.15) is 6.42 Å². The summed E-state index contributed by atoms with van der Waals surface area (Å²) in [6.45, 7) is 1.21. The Morgan fingerprint density at radius 1 is 1.65 bits per heavy atom. The lowest BCUT2D eigenvalue weighted by molar-refractivity contribution is -0.122. The molecule has 1 atom stereocenters. The fourth-order valence-electron chi connectivity index (χ4n) is 1.37. The minimum absolute atomic E-state index is 0.169. The molecule has 1 aromatic heterocycles. The molecule has 0 unspecified atom stereocenters. The first kappa shape index (κ1) is 13.2. The van der Waals surface area contributed by atoms with Crippen molar-refractivity contribution in [2.24, 2.45) is 0 Å². The SMILES string of the molecule is COc1cc(O[C@@H]2CCOC2)ccn1.O=CO. The Morgan fingerprint density at radius 2 is 2.41 bits per heavy atom. The molecule has 1 N–H and O–H groups in total. The predicted molar refractivity (Wildman–Crippen MR) is 59.3 cm³/mol. The van der Waals surface area contributed by atoms with Crippen LogP contribution >= 0.6 is 0 Å². The lowest BCUT2D eigenvalue weighted by Crippen LogP contribution is -2.15. The standard InChI is InChI=1S/C10H13NO3.CH2O2/c1-12-10-6-8(2-4-11-10)14-9-3-5-13-7-9;2-1-3/h2,4,6,9H,3,5,7H2,1H3;1H,(H,2,3)/t9-;/m1./s1. The second kappa shape index (κ2) is 7.45. The number of hydrogen-bond acceptors (Lipinski definition) is 5. The van der Waals surface area contributed by atoms with Crippen molar-refractivity contribution in [3.63, 3.8) is 0 Å². The molecule has 1 aliphatic heterocycles. The fraction of sp³-hybridized carbons (Fsp3) is 0.455. The van der Waals surface area contributed by atoms with E-state index in [-0.39, 0.29) is 12.6 Å². The summed E-state index contributed by atoms with van der Waals surface area (Å²) < 4.78 is 15.9. The number of ether oxygens (including phenoxy) is 3. The van der Waals surface area contributed by atoms with E-state index in [4.69, 9.17) is 24.1 Å². The molecule has 0 amide bonds. The summed E-state index contributed by atoms with van der Waals surface area (Å²) in [5, 5.41) is 6.89. The zero-order valence-electron chi connectivity index (χ0n) is 9.54. The van der Waals surface area contributed by atoms with Gasteiger partial charge in [-0.05, 0) is 6.07 Å². The van der Waals surface area contributed by atoms with Gasteiger partial charge in [-0.2, -0.15) is 0 Å². The molecule has 0 aliphatic carbocycles. The molecule has 0 radical (unpaired) electrons. The molecule has 17 heavy (non-hydrogen) atoms. The van der Waals surface area contributed by atoms with Crippen molar-refractivity contribution in [1.82, 2.24) is 4.98 Å². The molecule has 1 aromatic rings. The van der Waals surface area contributed by atoms with Gasteiger partial charge in [-0.3, -0.25) is 4.79 Å². The molecular formula is C11H15NO5. The van der Waals surface area contributed by atoms with Crippen molar-refractivity contribution in [3.05, 3.63) is 18.3 Å². The topological polar surface area (TPSA) is 77.9 Å². The Labute approximate surface area is 99.1 Å². The van der Waals surface area contributed by atoms with Gasteiger partial charge in [0.05, 0.1) is 20.3 Å². The van der Waals surface area contributed by atoms with Gasteiger partial charge in [0.2, 0.25) is 5.88 Å². The number of carbonyl (C=O) groups is 1. The van der Waals surface area contributed by atoms with Crippen molar-refractivity contribution < 1.29 is 24.1 Å². The maximum absolute atomic E-state index is 8.36. The van der Waals surface area contributed by atoms with E-state index in [2.05, 4.69) is 4.98 Å². The smallest absolute Gasteiger partial charge is 0.290 e. The van der Waals surface area contributed by atoms with Crippen LogP contribution in [0.3, 0.4) is 0 Å². The third-order valence-corrected chi connectivity index (χ3v) is 2.11. The van der Waals surface area contributed by atoms with E-state index in [0.29, 0.717) is 12.5 Å². The summed E-state index contributed by atoms with van der Waals surface area (Å²) in [5.41, 5.74) is 0. The van der Waals surface area contributed by atoms with Gasteiger partial charge < -0.3 is 19.3 Å². The maximum atomic E-state index is 8.36. The molecule has 6 nitrogen and oxygen atoms in total. The minimum Gasteiger partial charge on any atom is -0.488 e. The number of rotatable bonds is 3. The number of carboxylic acid groups (broad SMARTS) is 1. The van der Waals surface area contributed by atoms with E-state index < -0.39 is 0 Å². The van der Waals surface area contributed by atoms with Crippen molar-refractivity contribution in [3.8, 4) is 11.6 Å². The van der Waals surface area contributed by atoms with E-state index in [1.54, 1.807) is 19.4 Å². The second-order valence-electron chi connectivity index (χ2n) is 3.24. The quantitative estimate of drug-likeness (QED) is 0.794. The third kappa shape index (κ3) is 4.69. The third-order valence-electron chi connectivity index (χ3n) is 2.11. The van der Waals surface area contributed by atoms with Gasteiger partial charge in [0.25, 0.3) is 6.47 Å². The van der Waals surface area contributed by atoms with Gasteiger partial charge in [0.15, 0.2) is 0 Å². The van der Waals surface area contributed by atoms with Crippen molar-refractivity contribution in [2.45, 2.75) is 12.5 Å². The first-order valence-corrected chi connectivity index (χ1v) is 5.12. The highest BCUT2D eigenvalue weighted by Crippen LogP contribution is 2.19. The molecular weight excluding hydrogens is 226 g/mol. The molecule has 0 aromatic carbocycles. The van der Waals surface area contributed by atoms with Gasteiger partial charge in [-0.15, -0.1) is 0 Å². The van der Waals surface area contributed by atoms with Gasteiger partial charge in [-0.1, -0.05) is 0 Å². The van der Waals surface area contributed by atoms with E-state index in [1.165, 1.54) is 0 Å². The van der Waals surface area contributed by atoms with Crippen LogP contribution in [-0.2, 0) is 9.53 Å². The molecule has 1 fully saturated rings. The maximum Gasteiger partial charge on any atom is 0.290 e. The molecule has 6 heteroatoms. The summed E-state index contributed by atoms with van der Waals surface area (Å²) in [5.74, 6) is 1.36. The normalized spacial score (nSPS) is 17.8. The van der Waals surface area contributed by atoms with Crippen molar-refractivity contribution >= 4 is 6.47 Å². The van der Waals surface area contributed by atoms with Crippen LogP contribution in [0.5, 0.6) is 11.6 Å². The number of methoxy groups -OCH3 is 1. The van der Waals surface area contributed by atoms with E-state index in [0.717, 1.165) is 18.8 Å². The Hall–Kier alpha value is -1.82. The summed E-state index contributed by atoms with van der Waals surface area (Å²) in [6.07, 6.45) is 2.79. The lowest BCUT2D eigenvalue weighted by Gasteiger charge is -2.11. The lowest BCUT2D eigenvalue weighted by atomic mass is 10.3. The molecule has 0 spiro atoms. The first-order chi connectivity index (χ1) is 8.30. The number of pyridine rings is 1. The zero-order valence-corrected chi connectivity index (χ0v) is 9.54. The predicted octanol–water partition coefficient (Wildman–Crippen LogP) is 0.959. The number of aromatic nitrogens is 1. The molecule has 2 rings (SSSR count). The van der Waals surface area contributed by atoms with Crippen LogP contribution in [0.4, 0.5) is 0 Å². The second-order valence-corrected chi connectivity index (χ2v) is 3.24. The van der Waals surface area contributed by atoms with Crippen LogP contribution in [0.25, 0.3) is 0 Å². The Balaban J connectivity index is 0.000000437. The number of hydrogen-bond donors (Lipinski definition) is 1. The van der Waals surface area contributed by atoms with E-state index in [9.17, 15) is 0 Å². The van der Waals surface area contributed by atoms with Crippen LogP contribution in [0, 0.1) is 0 Å². The Morgan fingerprint density at radius 3 is 3.00 bits per heavy atom. The van der Waals surface area contributed by atoms with Crippen LogP contribution in [-0.4, -0.2) is 43.0 Å². The number of nitrogens with zero attached hydrogens (tertiary/aromatic N) is 1. The van der Waals surface area contributed by atoms with E-state index in [1.807, 2.05) is 6.07 Å². The largest absolute Gasteiger partial charge is 0.488 e. The summed E-state index contributed by atoms with van der Waals surface area (Å²) >= 11 is 0. The molecule has 2 heterocycles. The summed E-state index contributed by atoms with van der Waals surface area (Å²) in [4.78, 5) is 12.4. The molecule has 1 aliphatic rings. The summed E-state index contributed by atoms with van der Waals surface area (Å²) in [6, 6.07) is 3.60. The van der Waals surface area contributed by atoms with Gasteiger partial charge in [-0.25, -0.2) is 4.98 Å². The van der Waals surface area contributed by atoms with Gasteiger partial charge in [0, 0.05) is 18.7 Å². The van der Waals surface area contributed by atoms with Crippen LogP contribution in [0.15, 0.2) is 18.3 Å². The highest BCUT2D eigenvalue weighted by atomic mass is 16.5. The van der Waals surface area contributed by atoms with Gasteiger partial charge >= 0.3 is 0 Å². The Kier molecular flexibility index (Phi) is 5.81. The first-order valence-electron chi connectivity index (χ1n) is 5.12. The van der Waals surface area contributed by atoms with Gasteiger partial charge in [0.1, 0.15) is 11.9 Å². The zero-order chi connectivity index (χ0) is 12.5. The highest BCUT2D eigenvalue weighted by molar-refractivity contribution is 5.32. The monoisotopic (exact) mass is 241 g/mol. The average molecular weight is 241 g/mol. The summed E-state index contributed by atoms with van der Waals surface area (Å²) in [7, 11) is 1.59. The van der Waals surface area contributed by atoms with Crippen molar-refractivity contribution in [2.75, 3.05) is 20.3 Å². The molecule has 0 bridgehead atoms. The molecule has 0 saturated carbocycles. The Bertz CT molecular complexity index is 338. The molecule has 94 valence electrons. The average Bonchev–Trinajstić information content (AvgIpc) is 2.83. The fourth-order valence-corrected chi connectivity index (χ4v) is 1.37. The minimum atomic E-state index is -0.250. The highest BCUT2D eigenvalue weighted by Gasteiger charge is 2.17. The van der Waals surface area contributed by atoms with Crippen LogP contribution in [0.2, 0.25) is 0 Å². The van der Waals surface area contributed by atoms with Crippen molar-refractivity contribution in [1.29, 1.82) is 0 Å².